The van der Waals surface area contributed by atoms with E-state index in [-0.39, 0.29) is 0 Å². The third-order valence-corrected chi connectivity index (χ3v) is 3.53. The van der Waals surface area contributed by atoms with Gasteiger partial charge in [0.25, 0.3) is 0 Å². The second kappa shape index (κ2) is 6.29. The summed E-state index contributed by atoms with van der Waals surface area (Å²) >= 11 is 12.0. The van der Waals surface area contributed by atoms with Gasteiger partial charge in [0.2, 0.25) is 0 Å². The van der Waals surface area contributed by atoms with Crippen molar-refractivity contribution in [2.45, 2.75) is 13.0 Å². The van der Waals surface area contributed by atoms with Crippen LogP contribution in [0.4, 0.5) is 5.69 Å². The first-order chi connectivity index (χ1) is 9.08. The lowest BCUT2D eigenvalue weighted by molar-refractivity contribution is 0.191. The van der Waals surface area contributed by atoms with Gasteiger partial charge in [-0.3, -0.25) is 0 Å². The zero-order chi connectivity index (χ0) is 13.8. The molecule has 0 aromatic heterocycles. The van der Waals surface area contributed by atoms with Gasteiger partial charge in [-0.2, -0.15) is 0 Å². The van der Waals surface area contributed by atoms with Gasteiger partial charge in [-0.25, -0.2) is 0 Å². The summed E-state index contributed by atoms with van der Waals surface area (Å²) in [5.41, 5.74) is 2.71. The van der Waals surface area contributed by atoms with Crippen molar-refractivity contribution in [2.24, 2.45) is 0 Å². The monoisotopic (exact) mass is 295 g/mol. The summed E-state index contributed by atoms with van der Waals surface area (Å²) in [6.07, 6.45) is -0.660. The van der Waals surface area contributed by atoms with Crippen LogP contribution in [0.25, 0.3) is 0 Å². The lowest BCUT2D eigenvalue weighted by Gasteiger charge is -2.16. The Morgan fingerprint density at radius 1 is 1.16 bits per heavy atom. The molecule has 0 aliphatic heterocycles. The average molecular weight is 296 g/mol. The fourth-order valence-electron chi connectivity index (χ4n) is 1.85. The Balaban J connectivity index is 2.06. The molecule has 0 aliphatic rings. The molecule has 1 unspecified atom stereocenters. The zero-order valence-electron chi connectivity index (χ0n) is 10.5. The van der Waals surface area contributed by atoms with E-state index in [9.17, 15) is 5.11 Å². The van der Waals surface area contributed by atoms with Crippen LogP contribution in [0.1, 0.15) is 17.2 Å². The van der Waals surface area contributed by atoms with Crippen LogP contribution in [0.3, 0.4) is 0 Å². The van der Waals surface area contributed by atoms with Crippen LogP contribution in [0.15, 0.2) is 42.5 Å². The van der Waals surface area contributed by atoms with Gasteiger partial charge in [0, 0.05) is 27.8 Å². The lowest BCUT2D eigenvalue weighted by Crippen LogP contribution is -2.13. The minimum atomic E-state index is -0.660. The first kappa shape index (κ1) is 14.2. The van der Waals surface area contributed by atoms with E-state index in [0.29, 0.717) is 16.6 Å². The zero-order valence-corrected chi connectivity index (χ0v) is 12.0. The van der Waals surface area contributed by atoms with Crippen molar-refractivity contribution in [1.82, 2.24) is 0 Å². The minimum Gasteiger partial charge on any atom is -0.387 e. The molecule has 2 aromatic rings. The Morgan fingerprint density at radius 3 is 2.63 bits per heavy atom. The van der Waals surface area contributed by atoms with Gasteiger partial charge in [-0.05, 0) is 30.7 Å². The molecule has 2 rings (SSSR count). The van der Waals surface area contributed by atoms with Gasteiger partial charge < -0.3 is 10.4 Å². The Morgan fingerprint density at radius 2 is 1.89 bits per heavy atom. The highest BCUT2D eigenvalue weighted by Crippen LogP contribution is 2.24. The number of aliphatic hydroxyl groups is 1. The maximum atomic E-state index is 10.1. The first-order valence-corrected chi connectivity index (χ1v) is 6.76. The van der Waals surface area contributed by atoms with E-state index >= 15 is 0 Å². The van der Waals surface area contributed by atoms with Crippen LogP contribution in [-0.4, -0.2) is 11.7 Å². The maximum Gasteiger partial charge on any atom is 0.0976 e. The summed E-state index contributed by atoms with van der Waals surface area (Å²) in [7, 11) is 0. The van der Waals surface area contributed by atoms with E-state index in [1.165, 1.54) is 0 Å². The molecule has 2 nitrogen and oxygen atoms in total. The normalized spacial score (nSPS) is 12.2. The number of hydrogen-bond donors (Lipinski definition) is 2. The highest BCUT2D eigenvalue weighted by atomic mass is 35.5. The summed E-state index contributed by atoms with van der Waals surface area (Å²) in [4.78, 5) is 0. The molecule has 2 aromatic carbocycles. The molecule has 4 heteroatoms. The van der Waals surface area contributed by atoms with Crippen molar-refractivity contribution < 1.29 is 5.11 Å². The number of benzene rings is 2. The van der Waals surface area contributed by atoms with Crippen LogP contribution in [0.5, 0.6) is 0 Å². The van der Waals surface area contributed by atoms with Gasteiger partial charge >= 0.3 is 0 Å². The molecule has 0 aliphatic carbocycles. The van der Waals surface area contributed by atoms with E-state index in [2.05, 4.69) is 5.32 Å². The maximum absolute atomic E-state index is 10.1. The van der Waals surface area contributed by atoms with Gasteiger partial charge in [-0.1, -0.05) is 47.5 Å². The summed E-state index contributed by atoms with van der Waals surface area (Å²) < 4.78 is 0. The second-order valence-electron chi connectivity index (χ2n) is 4.38. The fraction of sp³-hybridized carbons (Fsp3) is 0.200. The summed E-state index contributed by atoms with van der Waals surface area (Å²) in [6, 6.07) is 12.9. The highest BCUT2D eigenvalue weighted by molar-refractivity contribution is 6.31. The van der Waals surface area contributed by atoms with Gasteiger partial charge in [0.1, 0.15) is 0 Å². The molecule has 19 heavy (non-hydrogen) atoms. The number of nitrogens with one attached hydrogen (secondary N) is 1. The molecule has 0 amide bonds. The molecule has 0 radical (unpaired) electrons. The van der Waals surface area contributed by atoms with Crippen molar-refractivity contribution in [3.63, 3.8) is 0 Å². The van der Waals surface area contributed by atoms with Crippen molar-refractivity contribution >= 4 is 28.9 Å². The van der Waals surface area contributed by atoms with Crippen molar-refractivity contribution in [1.29, 1.82) is 0 Å². The summed E-state index contributed by atoms with van der Waals surface area (Å²) in [5.74, 6) is 0. The second-order valence-corrected chi connectivity index (χ2v) is 5.22. The van der Waals surface area contributed by atoms with Crippen molar-refractivity contribution in [3.05, 3.63) is 63.6 Å². The quantitative estimate of drug-likeness (QED) is 0.873. The smallest absolute Gasteiger partial charge is 0.0976 e. The number of rotatable bonds is 4. The topological polar surface area (TPSA) is 32.3 Å². The predicted octanol–water partition coefficient (Wildman–Crippen LogP) is 4.45. The molecule has 0 bridgehead atoms. The van der Waals surface area contributed by atoms with E-state index in [0.717, 1.165) is 16.8 Å². The molecule has 0 saturated carbocycles. The van der Waals surface area contributed by atoms with Crippen LogP contribution >= 0.6 is 23.2 Å². The van der Waals surface area contributed by atoms with Gasteiger partial charge in [0.15, 0.2) is 0 Å². The standard InChI is InChI=1S/C15H15Cl2NO/c1-10-6-7-11(16)8-14(10)18-9-15(19)12-4-2-3-5-13(12)17/h2-8,15,18-19H,9H2,1H3. The van der Waals surface area contributed by atoms with Crippen LogP contribution < -0.4 is 5.32 Å². The van der Waals surface area contributed by atoms with Gasteiger partial charge in [0.05, 0.1) is 6.10 Å². The van der Waals surface area contributed by atoms with Crippen LogP contribution in [-0.2, 0) is 0 Å². The largest absolute Gasteiger partial charge is 0.387 e. The minimum absolute atomic E-state index is 0.380. The number of halogens is 2. The molecule has 0 saturated heterocycles. The Hall–Kier alpha value is -1.22. The number of aryl methyl sites for hydroxylation is 1. The van der Waals surface area contributed by atoms with Gasteiger partial charge in [-0.15, -0.1) is 0 Å². The highest BCUT2D eigenvalue weighted by Gasteiger charge is 2.11. The first-order valence-electron chi connectivity index (χ1n) is 6.00. The fourth-order valence-corrected chi connectivity index (χ4v) is 2.28. The average Bonchev–Trinajstić information content (AvgIpc) is 2.40. The molecule has 100 valence electrons. The van der Waals surface area contributed by atoms with Crippen molar-refractivity contribution in [3.8, 4) is 0 Å². The number of hydrogen-bond acceptors (Lipinski definition) is 2. The number of aliphatic hydroxyl groups excluding tert-OH is 1. The third-order valence-electron chi connectivity index (χ3n) is 2.95. The molecular formula is C15H15Cl2NO. The van der Waals surface area contributed by atoms with Crippen LogP contribution in [0.2, 0.25) is 10.0 Å². The van der Waals surface area contributed by atoms with E-state index in [1.54, 1.807) is 6.07 Å². The van der Waals surface area contributed by atoms with Crippen LogP contribution in [0, 0.1) is 6.92 Å². The third kappa shape index (κ3) is 3.63. The number of anilines is 1. The SMILES string of the molecule is Cc1ccc(Cl)cc1NCC(O)c1ccccc1Cl. The Bertz CT molecular complexity index is 572. The van der Waals surface area contributed by atoms with E-state index in [4.69, 9.17) is 23.2 Å². The van der Waals surface area contributed by atoms with E-state index in [1.807, 2.05) is 43.3 Å². The molecule has 0 heterocycles. The Kier molecular flexibility index (Phi) is 4.70. The van der Waals surface area contributed by atoms with Crippen molar-refractivity contribution in [2.75, 3.05) is 11.9 Å². The molecule has 2 N–H and O–H groups in total. The molecular weight excluding hydrogens is 281 g/mol. The summed E-state index contributed by atoms with van der Waals surface area (Å²) in [5, 5.41) is 14.6. The van der Waals surface area contributed by atoms with E-state index < -0.39 is 6.10 Å². The molecule has 0 spiro atoms. The summed E-state index contributed by atoms with van der Waals surface area (Å²) in [6.45, 7) is 2.37. The Labute approximate surface area is 123 Å². The predicted molar refractivity (Wildman–Crippen MR) is 81.1 cm³/mol. The lowest BCUT2D eigenvalue weighted by atomic mass is 10.1. The molecule has 1 atom stereocenters. The molecule has 0 fully saturated rings.